The van der Waals surface area contributed by atoms with E-state index in [1.807, 2.05) is 51.2 Å². The molecule has 4 nitrogen and oxygen atoms in total. The van der Waals surface area contributed by atoms with E-state index in [1.165, 1.54) is 0 Å². The Hall–Kier alpha value is -2.36. The quantitative estimate of drug-likeness (QED) is 0.886. The van der Waals surface area contributed by atoms with Crippen molar-refractivity contribution in [1.29, 1.82) is 0 Å². The van der Waals surface area contributed by atoms with Gasteiger partial charge in [0.05, 0.1) is 0 Å². The number of hydrogen-bond donors (Lipinski definition) is 2. The number of nitrogens with zero attached hydrogens (tertiary/aromatic N) is 1. The smallest absolute Gasteiger partial charge is 0.251 e. The van der Waals surface area contributed by atoms with E-state index in [-0.39, 0.29) is 5.91 Å². The van der Waals surface area contributed by atoms with Gasteiger partial charge in [-0.15, -0.1) is 0 Å². The highest BCUT2D eigenvalue weighted by Gasteiger charge is 2.06. The lowest BCUT2D eigenvalue weighted by atomic mass is 10.1. The molecule has 21 heavy (non-hydrogen) atoms. The van der Waals surface area contributed by atoms with Crippen LogP contribution in [0.5, 0.6) is 0 Å². The Balaban J connectivity index is 2.04. The molecule has 2 N–H and O–H groups in total. The lowest BCUT2D eigenvalue weighted by Crippen LogP contribution is -2.22. The number of carbonyl (C=O) groups is 1. The van der Waals surface area contributed by atoms with E-state index in [4.69, 9.17) is 0 Å². The number of aromatic nitrogens is 1. The van der Waals surface area contributed by atoms with Gasteiger partial charge in [0.15, 0.2) is 0 Å². The molecule has 110 valence electrons. The number of rotatable bonds is 5. The fourth-order valence-corrected chi connectivity index (χ4v) is 2.07. The third-order valence-corrected chi connectivity index (χ3v) is 3.28. The molecule has 0 bridgehead atoms. The van der Waals surface area contributed by atoms with E-state index in [1.54, 1.807) is 0 Å². The third-order valence-electron chi connectivity index (χ3n) is 3.28. The Morgan fingerprint density at radius 1 is 1.19 bits per heavy atom. The minimum absolute atomic E-state index is 0.0325. The number of amides is 1. The van der Waals surface area contributed by atoms with Gasteiger partial charge in [0.1, 0.15) is 0 Å². The largest absolute Gasteiger partial charge is 0.381 e. The SMILES string of the molecule is CCNC(=O)c1ccc(NCc2ccc(C)nc2)c(C)c1. The van der Waals surface area contributed by atoms with Crippen molar-refractivity contribution in [3.8, 4) is 0 Å². The highest BCUT2D eigenvalue weighted by molar-refractivity contribution is 5.94. The Morgan fingerprint density at radius 2 is 2.00 bits per heavy atom. The van der Waals surface area contributed by atoms with Gasteiger partial charge in [0, 0.05) is 36.2 Å². The van der Waals surface area contributed by atoms with E-state index >= 15 is 0 Å². The van der Waals surface area contributed by atoms with Crippen molar-refractivity contribution < 1.29 is 4.79 Å². The van der Waals surface area contributed by atoms with Crippen LogP contribution in [-0.2, 0) is 6.54 Å². The molecule has 0 aliphatic heterocycles. The predicted molar refractivity (Wildman–Crippen MR) is 85.5 cm³/mol. The molecule has 0 atom stereocenters. The summed E-state index contributed by atoms with van der Waals surface area (Å²) in [5, 5.41) is 6.18. The predicted octanol–water partition coefficient (Wildman–Crippen LogP) is 3.06. The molecule has 0 spiro atoms. The van der Waals surface area contributed by atoms with Gasteiger partial charge in [-0.3, -0.25) is 9.78 Å². The molecule has 1 heterocycles. The van der Waals surface area contributed by atoms with Crippen LogP contribution in [0, 0.1) is 13.8 Å². The summed E-state index contributed by atoms with van der Waals surface area (Å²) in [5.74, 6) is -0.0325. The Bertz CT molecular complexity index is 620. The highest BCUT2D eigenvalue weighted by atomic mass is 16.1. The first-order chi connectivity index (χ1) is 10.1. The monoisotopic (exact) mass is 283 g/mol. The minimum Gasteiger partial charge on any atom is -0.381 e. The van der Waals surface area contributed by atoms with Crippen molar-refractivity contribution in [1.82, 2.24) is 10.3 Å². The van der Waals surface area contributed by atoms with E-state index in [0.717, 1.165) is 22.5 Å². The molecule has 0 aliphatic rings. The summed E-state index contributed by atoms with van der Waals surface area (Å²) in [5.41, 5.74) is 4.92. The third kappa shape index (κ3) is 4.05. The topological polar surface area (TPSA) is 54.0 Å². The summed E-state index contributed by atoms with van der Waals surface area (Å²) in [7, 11) is 0. The molecule has 0 saturated heterocycles. The van der Waals surface area contributed by atoms with Crippen LogP contribution in [0.15, 0.2) is 36.5 Å². The van der Waals surface area contributed by atoms with Gasteiger partial charge < -0.3 is 10.6 Å². The second-order valence-electron chi connectivity index (χ2n) is 5.05. The fraction of sp³-hybridized carbons (Fsp3) is 0.294. The fourth-order valence-electron chi connectivity index (χ4n) is 2.07. The van der Waals surface area contributed by atoms with Crippen molar-refractivity contribution in [3.63, 3.8) is 0 Å². The first-order valence-electron chi connectivity index (χ1n) is 7.14. The van der Waals surface area contributed by atoms with E-state index in [9.17, 15) is 4.79 Å². The average Bonchev–Trinajstić information content (AvgIpc) is 2.48. The van der Waals surface area contributed by atoms with Crippen LogP contribution in [-0.4, -0.2) is 17.4 Å². The highest BCUT2D eigenvalue weighted by Crippen LogP contribution is 2.17. The van der Waals surface area contributed by atoms with Crippen LogP contribution in [0.4, 0.5) is 5.69 Å². The number of hydrogen-bond acceptors (Lipinski definition) is 3. The molecule has 4 heteroatoms. The van der Waals surface area contributed by atoms with Crippen molar-refractivity contribution in [2.45, 2.75) is 27.3 Å². The summed E-state index contributed by atoms with van der Waals surface area (Å²) >= 11 is 0. The summed E-state index contributed by atoms with van der Waals surface area (Å²) in [6.07, 6.45) is 1.88. The average molecular weight is 283 g/mol. The Morgan fingerprint density at radius 3 is 2.62 bits per heavy atom. The zero-order valence-corrected chi connectivity index (χ0v) is 12.7. The summed E-state index contributed by atoms with van der Waals surface area (Å²) in [4.78, 5) is 16.1. The van der Waals surface area contributed by atoms with Gasteiger partial charge in [0.25, 0.3) is 5.91 Å². The van der Waals surface area contributed by atoms with Crippen LogP contribution in [0.3, 0.4) is 0 Å². The summed E-state index contributed by atoms with van der Waals surface area (Å²) in [6.45, 7) is 7.24. The first-order valence-corrected chi connectivity index (χ1v) is 7.14. The molecule has 1 aromatic carbocycles. The zero-order valence-electron chi connectivity index (χ0n) is 12.7. The molecule has 0 unspecified atom stereocenters. The number of pyridine rings is 1. The normalized spacial score (nSPS) is 10.2. The van der Waals surface area contributed by atoms with Crippen molar-refractivity contribution >= 4 is 11.6 Å². The standard InChI is InChI=1S/C17H21N3O/c1-4-18-17(21)15-7-8-16(12(2)9-15)20-11-14-6-5-13(3)19-10-14/h5-10,20H,4,11H2,1-3H3,(H,18,21). The van der Waals surface area contributed by atoms with Gasteiger partial charge >= 0.3 is 0 Å². The second kappa shape index (κ2) is 6.88. The van der Waals surface area contributed by atoms with Crippen LogP contribution in [0.1, 0.15) is 34.1 Å². The number of carbonyl (C=O) groups excluding carboxylic acids is 1. The minimum atomic E-state index is -0.0325. The Labute approximate surface area is 125 Å². The van der Waals surface area contributed by atoms with Gasteiger partial charge in [-0.2, -0.15) is 0 Å². The zero-order chi connectivity index (χ0) is 15.2. The molecule has 0 radical (unpaired) electrons. The van der Waals surface area contributed by atoms with Gasteiger partial charge in [-0.05, 0) is 56.2 Å². The number of benzene rings is 1. The molecule has 1 amide bonds. The van der Waals surface area contributed by atoms with Gasteiger partial charge in [-0.1, -0.05) is 6.07 Å². The second-order valence-corrected chi connectivity index (χ2v) is 5.05. The molecule has 0 fully saturated rings. The molecular weight excluding hydrogens is 262 g/mol. The maximum Gasteiger partial charge on any atom is 0.251 e. The lowest BCUT2D eigenvalue weighted by Gasteiger charge is -2.11. The number of anilines is 1. The molecule has 1 aromatic heterocycles. The van der Waals surface area contributed by atoms with Crippen molar-refractivity contribution in [3.05, 3.63) is 58.9 Å². The first kappa shape index (κ1) is 15.0. The van der Waals surface area contributed by atoms with Crippen LogP contribution >= 0.6 is 0 Å². The van der Waals surface area contributed by atoms with Crippen molar-refractivity contribution in [2.75, 3.05) is 11.9 Å². The van der Waals surface area contributed by atoms with Crippen LogP contribution < -0.4 is 10.6 Å². The van der Waals surface area contributed by atoms with E-state index in [2.05, 4.69) is 21.7 Å². The molecule has 0 saturated carbocycles. The lowest BCUT2D eigenvalue weighted by molar-refractivity contribution is 0.0956. The van der Waals surface area contributed by atoms with Crippen molar-refractivity contribution in [2.24, 2.45) is 0 Å². The maximum atomic E-state index is 11.8. The van der Waals surface area contributed by atoms with Gasteiger partial charge in [0.2, 0.25) is 0 Å². The van der Waals surface area contributed by atoms with Crippen LogP contribution in [0.2, 0.25) is 0 Å². The number of aryl methyl sites for hydroxylation is 2. The van der Waals surface area contributed by atoms with Gasteiger partial charge in [-0.25, -0.2) is 0 Å². The molecular formula is C17H21N3O. The molecule has 2 aromatic rings. The summed E-state index contributed by atoms with van der Waals surface area (Å²) in [6, 6.07) is 9.76. The van der Waals surface area contributed by atoms with E-state index in [0.29, 0.717) is 18.7 Å². The Kier molecular flexibility index (Phi) is 4.93. The molecule has 2 rings (SSSR count). The summed E-state index contributed by atoms with van der Waals surface area (Å²) < 4.78 is 0. The number of nitrogens with one attached hydrogen (secondary N) is 2. The van der Waals surface area contributed by atoms with E-state index < -0.39 is 0 Å². The molecule has 0 aliphatic carbocycles. The maximum absolute atomic E-state index is 11.8. The van der Waals surface area contributed by atoms with Crippen LogP contribution in [0.25, 0.3) is 0 Å².